The van der Waals surface area contributed by atoms with E-state index in [-0.39, 0.29) is 17.5 Å². The number of alkyl halides is 1. The number of methoxy groups -OCH3 is 1. The Morgan fingerprint density at radius 3 is 2.70 bits per heavy atom. The van der Waals surface area contributed by atoms with Crippen LogP contribution in [0.2, 0.25) is 0 Å². The molecule has 3 nitrogen and oxygen atoms in total. The molecular weight excluding hydrogens is 279 g/mol. The molecule has 0 atom stereocenters. The van der Waals surface area contributed by atoms with Crippen LogP contribution in [0.15, 0.2) is 36.5 Å². The fourth-order valence-electron chi connectivity index (χ4n) is 2.00. The second-order valence-corrected chi connectivity index (χ2v) is 4.68. The number of pyridine rings is 1. The summed E-state index contributed by atoms with van der Waals surface area (Å²) in [5.74, 6) is 0.811. The number of anilines is 1. The lowest BCUT2D eigenvalue weighted by Crippen LogP contribution is -2.20. The Bertz CT molecular complexity index is 592. The van der Waals surface area contributed by atoms with E-state index >= 15 is 0 Å². The molecule has 1 aromatic carbocycles. The zero-order valence-corrected chi connectivity index (χ0v) is 12.2. The zero-order valence-electron chi connectivity index (χ0n) is 11.4. The molecule has 0 bridgehead atoms. The Labute approximate surface area is 123 Å². The van der Waals surface area contributed by atoms with Crippen LogP contribution in [0.3, 0.4) is 0 Å². The molecule has 1 aromatic heterocycles. The fourth-order valence-corrected chi connectivity index (χ4v) is 2.21. The maximum atomic E-state index is 14.2. The first kappa shape index (κ1) is 14.6. The normalized spacial score (nSPS) is 10.4. The minimum atomic E-state index is -0.375. The number of hydrogen-bond acceptors (Lipinski definition) is 3. The number of halogens is 2. The van der Waals surface area contributed by atoms with E-state index < -0.39 is 0 Å². The topological polar surface area (TPSA) is 25.4 Å². The predicted octanol–water partition coefficient (Wildman–Crippen LogP) is 3.60. The van der Waals surface area contributed by atoms with Gasteiger partial charge >= 0.3 is 0 Å². The van der Waals surface area contributed by atoms with Gasteiger partial charge < -0.3 is 9.64 Å². The van der Waals surface area contributed by atoms with Crippen LogP contribution in [-0.2, 0) is 12.4 Å². The summed E-state index contributed by atoms with van der Waals surface area (Å²) in [6.07, 6.45) is 1.56. The standard InChI is InChI=1S/C15H16ClFN2O/c1-19(10-12-5-3-4-6-13(12)20-2)15-14(17)11(9-16)7-8-18-15/h3-8H,9-10H2,1-2H3. The molecule has 0 unspecified atom stereocenters. The first-order valence-corrected chi connectivity index (χ1v) is 6.73. The van der Waals surface area contributed by atoms with Gasteiger partial charge in [-0.2, -0.15) is 0 Å². The van der Waals surface area contributed by atoms with Gasteiger partial charge in [0.05, 0.1) is 13.0 Å². The quantitative estimate of drug-likeness (QED) is 0.788. The van der Waals surface area contributed by atoms with Crippen molar-refractivity contribution in [2.75, 3.05) is 19.1 Å². The van der Waals surface area contributed by atoms with Gasteiger partial charge in [-0.05, 0) is 12.1 Å². The Hall–Kier alpha value is -1.81. The van der Waals surface area contributed by atoms with Crippen LogP contribution in [-0.4, -0.2) is 19.1 Å². The monoisotopic (exact) mass is 294 g/mol. The molecule has 0 aliphatic heterocycles. The van der Waals surface area contributed by atoms with Crippen LogP contribution in [0.4, 0.5) is 10.2 Å². The molecule has 0 aliphatic rings. The molecule has 0 saturated heterocycles. The largest absolute Gasteiger partial charge is 0.496 e. The van der Waals surface area contributed by atoms with Gasteiger partial charge in [-0.25, -0.2) is 9.37 Å². The summed E-state index contributed by atoms with van der Waals surface area (Å²) < 4.78 is 19.5. The molecule has 2 rings (SSSR count). The molecule has 106 valence electrons. The smallest absolute Gasteiger partial charge is 0.170 e. The van der Waals surface area contributed by atoms with Gasteiger partial charge in [0.15, 0.2) is 11.6 Å². The van der Waals surface area contributed by atoms with Crippen LogP contribution in [0.1, 0.15) is 11.1 Å². The Kier molecular flexibility index (Phi) is 4.79. The van der Waals surface area contributed by atoms with Gasteiger partial charge in [0, 0.05) is 30.9 Å². The van der Waals surface area contributed by atoms with E-state index in [4.69, 9.17) is 16.3 Å². The lowest BCUT2D eigenvalue weighted by atomic mass is 10.2. The molecule has 1 heterocycles. The maximum Gasteiger partial charge on any atom is 0.170 e. The molecule has 0 N–H and O–H groups in total. The van der Waals surface area contributed by atoms with Crippen LogP contribution in [0, 0.1) is 5.82 Å². The number of benzene rings is 1. The number of para-hydroxylation sites is 1. The van der Waals surface area contributed by atoms with Crippen LogP contribution in [0.5, 0.6) is 5.75 Å². The van der Waals surface area contributed by atoms with E-state index in [2.05, 4.69) is 4.98 Å². The average molecular weight is 295 g/mol. The summed E-state index contributed by atoms with van der Waals surface area (Å²) in [5, 5.41) is 0. The van der Waals surface area contributed by atoms with Crippen molar-refractivity contribution in [3.63, 3.8) is 0 Å². The minimum absolute atomic E-state index is 0.129. The highest BCUT2D eigenvalue weighted by atomic mass is 35.5. The molecule has 0 radical (unpaired) electrons. The van der Waals surface area contributed by atoms with Gasteiger partial charge in [-0.3, -0.25) is 0 Å². The van der Waals surface area contributed by atoms with Crippen molar-refractivity contribution in [3.05, 3.63) is 53.5 Å². The summed E-state index contributed by atoms with van der Waals surface area (Å²) in [6.45, 7) is 0.500. The van der Waals surface area contributed by atoms with Crippen LogP contribution in [0.25, 0.3) is 0 Å². The van der Waals surface area contributed by atoms with E-state index in [1.54, 1.807) is 31.3 Å². The fraction of sp³-hybridized carbons (Fsp3) is 0.267. The molecule has 0 fully saturated rings. The Morgan fingerprint density at radius 2 is 2.00 bits per heavy atom. The van der Waals surface area contributed by atoms with Crippen molar-refractivity contribution in [1.29, 1.82) is 0 Å². The summed E-state index contributed by atoms with van der Waals surface area (Å²) in [7, 11) is 3.40. The number of rotatable bonds is 5. The average Bonchev–Trinajstić information content (AvgIpc) is 2.48. The molecule has 0 spiro atoms. The van der Waals surface area contributed by atoms with Gasteiger partial charge in [0.2, 0.25) is 0 Å². The third-order valence-corrected chi connectivity index (χ3v) is 3.34. The van der Waals surface area contributed by atoms with Crippen LogP contribution >= 0.6 is 11.6 Å². The SMILES string of the molecule is COc1ccccc1CN(C)c1nccc(CCl)c1F. The van der Waals surface area contributed by atoms with Crippen LogP contribution < -0.4 is 9.64 Å². The molecular formula is C15H16ClFN2O. The number of nitrogens with zero attached hydrogens (tertiary/aromatic N) is 2. The van der Waals surface area contributed by atoms with E-state index in [9.17, 15) is 4.39 Å². The van der Waals surface area contributed by atoms with Gasteiger partial charge in [0.1, 0.15) is 5.75 Å². The highest BCUT2D eigenvalue weighted by molar-refractivity contribution is 6.17. The first-order valence-electron chi connectivity index (χ1n) is 6.19. The van der Waals surface area contributed by atoms with Gasteiger partial charge in [0.25, 0.3) is 0 Å². The van der Waals surface area contributed by atoms with Crippen molar-refractivity contribution in [2.45, 2.75) is 12.4 Å². The third-order valence-electron chi connectivity index (χ3n) is 3.06. The van der Waals surface area contributed by atoms with E-state index in [1.165, 1.54) is 0 Å². The summed E-state index contributed by atoms with van der Waals surface area (Å²) in [4.78, 5) is 5.83. The summed E-state index contributed by atoms with van der Waals surface area (Å²) in [6, 6.07) is 9.23. The number of ether oxygens (including phenoxy) is 1. The molecule has 0 aliphatic carbocycles. The zero-order chi connectivity index (χ0) is 14.5. The van der Waals surface area contributed by atoms with Crippen molar-refractivity contribution >= 4 is 17.4 Å². The van der Waals surface area contributed by atoms with E-state index in [0.717, 1.165) is 11.3 Å². The molecule has 20 heavy (non-hydrogen) atoms. The minimum Gasteiger partial charge on any atom is -0.496 e. The number of hydrogen-bond donors (Lipinski definition) is 0. The van der Waals surface area contributed by atoms with Crippen molar-refractivity contribution in [1.82, 2.24) is 4.98 Å². The van der Waals surface area contributed by atoms with Crippen molar-refractivity contribution < 1.29 is 9.13 Å². The summed E-state index contributed by atoms with van der Waals surface area (Å²) >= 11 is 5.71. The second kappa shape index (κ2) is 6.57. The highest BCUT2D eigenvalue weighted by Gasteiger charge is 2.14. The van der Waals surface area contributed by atoms with Crippen molar-refractivity contribution in [2.24, 2.45) is 0 Å². The first-order chi connectivity index (χ1) is 9.67. The molecule has 0 amide bonds. The molecule has 0 saturated carbocycles. The van der Waals surface area contributed by atoms with Gasteiger partial charge in [-0.1, -0.05) is 18.2 Å². The summed E-state index contributed by atoms with van der Waals surface area (Å²) in [5.41, 5.74) is 1.42. The predicted molar refractivity (Wildman–Crippen MR) is 78.9 cm³/mol. The Balaban J connectivity index is 2.26. The maximum absolute atomic E-state index is 14.2. The second-order valence-electron chi connectivity index (χ2n) is 4.41. The highest BCUT2D eigenvalue weighted by Crippen LogP contribution is 2.24. The lowest BCUT2D eigenvalue weighted by Gasteiger charge is -2.20. The number of aromatic nitrogens is 1. The van der Waals surface area contributed by atoms with E-state index in [0.29, 0.717) is 12.1 Å². The third kappa shape index (κ3) is 3.02. The van der Waals surface area contributed by atoms with E-state index in [1.807, 2.05) is 24.3 Å². The lowest BCUT2D eigenvalue weighted by molar-refractivity contribution is 0.409. The molecule has 5 heteroatoms. The van der Waals surface area contributed by atoms with Crippen molar-refractivity contribution in [3.8, 4) is 5.75 Å². The molecule has 2 aromatic rings. The van der Waals surface area contributed by atoms with Gasteiger partial charge in [-0.15, -0.1) is 11.6 Å². The Morgan fingerprint density at radius 1 is 1.25 bits per heavy atom.